The van der Waals surface area contributed by atoms with Crippen LogP contribution >= 0.6 is 0 Å². The van der Waals surface area contributed by atoms with Crippen molar-refractivity contribution in [1.29, 1.82) is 0 Å². The van der Waals surface area contributed by atoms with Crippen LogP contribution < -0.4 is 10.5 Å². The maximum atomic E-state index is 12.2. The van der Waals surface area contributed by atoms with Crippen molar-refractivity contribution in [3.63, 3.8) is 0 Å². The first-order valence-electron chi connectivity index (χ1n) is 5.96. The van der Waals surface area contributed by atoms with E-state index in [1.165, 1.54) is 36.7 Å². The fourth-order valence-electron chi connectivity index (χ4n) is 1.81. The molecule has 21 heavy (non-hydrogen) atoms. The predicted octanol–water partition coefficient (Wildman–Crippen LogP) is -0.0287. The lowest BCUT2D eigenvalue weighted by Crippen LogP contribution is -2.39. The van der Waals surface area contributed by atoms with E-state index in [4.69, 9.17) is 4.42 Å². The van der Waals surface area contributed by atoms with Gasteiger partial charge >= 0.3 is 11.7 Å². The number of hydrogen-bond donors (Lipinski definition) is 1. The zero-order chi connectivity index (χ0) is 15.8. The third-order valence-corrected chi connectivity index (χ3v) is 4.50. The Kier molecular flexibility index (Phi) is 3.88. The summed E-state index contributed by atoms with van der Waals surface area (Å²) in [6.07, 6.45) is 0. The van der Waals surface area contributed by atoms with Crippen molar-refractivity contribution < 1.29 is 22.4 Å². The Labute approximate surface area is 120 Å². The number of esters is 1. The Morgan fingerprint density at radius 1 is 1.43 bits per heavy atom. The highest BCUT2D eigenvalue weighted by Gasteiger charge is 2.23. The molecule has 0 bridgehead atoms. The number of carbonyl (C=O) groups excluding carboxylic acids is 1. The van der Waals surface area contributed by atoms with Crippen LogP contribution in [0.5, 0.6) is 0 Å². The molecule has 1 atom stereocenters. The number of aryl methyl sites for hydroxylation is 1. The van der Waals surface area contributed by atoms with Crippen LogP contribution in [0.2, 0.25) is 0 Å². The number of carbonyl (C=O) groups is 1. The SMILES string of the molecule is COC(=O)C(C)NS(=O)(=O)c1ccc2c(c1)oc(=O)n2C. The molecule has 0 aliphatic heterocycles. The first-order valence-corrected chi connectivity index (χ1v) is 7.44. The fraction of sp³-hybridized carbons (Fsp3) is 0.333. The largest absolute Gasteiger partial charge is 0.468 e. The molecular formula is C12H14N2O6S. The number of fused-ring (bicyclic) bond motifs is 1. The molecule has 1 aromatic carbocycles. The Hall–Kier alpha value is -2.13. The van der Waals surface area contributed by atoms with Gasteiger partial charge in [0.25, 0.3) is 0 Å². The van der Waals surface area contributed by atoms with E-state index in [0.717, 1.165) is 7.11 Å². The number of hydrogen-bond acceptors (Lipinski definition) is 6. The molecule has 1 N–H and O–H groups in total. The van der Waals surface area contributed by atoms with Gasteiger partial charge in [-0.2, -0.15) is 4.72 Å². The highest BCUT2D eigenvalue weighted by Crippen LogP contribution is 2.18. The van der Waals surface area contributed by atoms with Crippen LogP contribution in [0.3, 0.4) is 0 Å². The Bertz CT molecular complexity index is 848. The van der Waals surface area contributed by atoms with E-state index in [1.54, 1.807) is 0 Å². The van der Waals surface area contributed by atoms with Gasteiger partial charge in [-0.1, -0.05) is 0 Å². The molecule has 1 aromatic heterocycles. The Balaban J connectivity index is 2.41. The second-order valence-corrected chi connectivity index (χ2v) is 6.14. The molecule has 0 aliphatic carbocycles. The maximum absolute atomic E-state index is 12.2. The number of rotatable bonds is 4. The molecule has 2 rings (SSSR count). The van der Waals surface area contributed by atoms with E-state index in [2.05, 4.69) is 9.46 Å². The average Bonchev–Trinajstić information content (AvgIpc) is 2.72. The van der Waals surface area contributed by atoms with Gasteiger partial charge in [0.15, 0.2) is 5.58 Å². The number of ether oxygens (including phenoxy) is 1. The van der Waals surface area contributed by atoms with E-state index in [9.17, 15) is 18.0 Å². The van der Waals surface area contributed by atoms with Gasteiger partial charge in [0, 0.05) is 13.1 Å². The van der Waals surface area contributed by atoms with Crippen LogP contribution in [0.1, 0.15) is 6.92 Å². The minimum absolute atomic E-state index is 0.111. The van der Waals surface area contributed by atoms with Gasteiger partial charge in [-0.25, -0.2) is 13.2 Å². The first-order chi connectivity index (χ1) is 9.76. The quantitative estimate of drug-likeness (QED) is 0.794. The third kappa shape index (κ3) is 2.83. The average molecular weight is 314 g/mol. The highest BCUT2D eigenvalue weighted by molar-refractivity contribution is 7.89. The first kappa shape index (κ1) is 15.3. The molecule has 2 aromatic rings. The molecule has 9 heteroatoms. The summed E-state index contributed by atoms with van der Waals surface area (Å²) in [5, 5.41) is 0. The molecule has 0 fully saturated rings. The molecule has 114 valence electrons. The van der Waals surface area contributed by atoms with Crippen LogP contribution in [0, 0.1) is 0 Å². The molecule has 0 saturated heterocycles. The fourth-order valence-corrected chi connectivity index (χ4v) is 3.01. The van der Waals surface area contributed by atoms with Gasteiger partial charge in [-0.05, 0) is 19.1 Å². The van der Waals surface area contributed by atoms with E-state index < -0.39 is 27.8 Å². The number of benzene rings is 1. The van der Waals surface area contributed by atoms with E-state index in [-0.39, 0.29) is 10.5 Å². The van der Waals surface area contributed by atoms with Crippen LogP contribution in [-0.4, -0.2) is 32.1 Å². The summed E-state index contributed by atoms with van der Waals surface area (Å²) < 4.78 is 37.1. The Morgan fingerprint density at radius 2 is 2.10 bits per heavy atom. The van der Waals surface area contributed by atoms with Crippen LogP contribution in [0.4, 0.5) is 0 Å². The summed E-state index contributed by atoms with van der Waals surface area (Å²) in [5.41, 5.74) is 0.621. The molecule has 1 heterocycles. The van der Waals surface area contributed by atoms with Crippen molar-refractivity contribution in [3.05, 3.63) is 28.7 Å². The predicted molar refractivity (Wildman–Crippen MR) is 73.3 cm³/mol. The monoisotopic (exact) mass is 314 g/mol. The molecule has 0 spiro atoms. The van der Waals surface area contributed by atoms with Crippen molar-refractivity contribution in [2.24, 2.45) is 7.05 Å². The molecule has 0 amide bonds. The second kappa shape index (κ2) is 5.34. The van der Waals surface area contributed by atoms with Gasteiger partial charge in [-0.3, -0.25) is 9.36 Å². The highest BCUT2D eigenvalue weighted by atomic mass is 32.2. The third-order valence-electron chi connectivity index (χ3n) is 2.96. The van der Waals surface area contributed by atoms with Crippen molar-refractivity contribution in [2.45, 2.75) is 17.9 Å². The van der Waals surface area contributed by atoms with E-state index >= 15 is 0 Å². The summed E-state index contributed by atoms with van der Waals surface area (Å²) >= 11 is 0. The smallest absolute Gasteiger partial charge is 0.419 e. The number of aromatic nitrogens is 1. The maximum Gasteiger partial charge on any atom is 0.419 e. The van der Waals surface area contributed by atoms with Crippen molar-refractivity contribution >= 4 is 27.1 Å². The van der Waals surface area contributed by atoms with Crippen LogP contribution in [-0.2, 0) is 26.6 Å². The standard InChI is InChI=1S/C12H14N2O6S/c1-7(11(15)19-3)13-21(17,18)8-4-5-9-10(6-8)20-12(16)14(9)2/h4-7,13H,1-3H3. The molecule has 0 radical (unpaired) electrons. The second-order valence-electron chi connectivity index (χ2n) is 4.42. The van der Waals surface area contributed by atoms with Crippen molar-refractivity contribution in [3.8, 4) is 0 Å². The van der Waals surface area contributed by atoms with E-state index in [1.807, 2.05) is 0 Å². The molecular weight excluding hydrogens is 300 g/mol. The lowest BCUT2D eigenvalue weighted by atomic mass is 10.3. The lowest BCUT2D eigenvalue weighted by molar-refractivity contribution is -0.142. The number of nitrogens with one attached hydrogen (secondary N) is 1. The minimum atomic E-state index is -3.93. The lowest BCUT2D eigenvalue weighted by Gasteiger charge is -2.11. The number of oxazole rings is 1. The summed E-state index contributed by atoms with van der Waals surface area (Å²) in [5.74, 6) is -1.29. The number of sulfonamides is 1. The summed E-state index contributed by atoms with van der Waals surface area (Å²) in [6, 6.07) is 2.98. The van der Waals surface area contributed by atoms with Gasteiger partial charge in [0.2, 0.25) is 10.0 Å². The topological polar surface area (TPSA) is 108 Å². The van der Waals surface area contributed by atoms with Crippen molar-refractivity contribution in [1.82, 2.24) is 9.29 Å². The molecule has 0 saturated carbocycles. The summed E-state index contributed by atoms with van der Waals surface area (Å²) in [4.78, 5) is 22.5. The zero-order valence-corrected chi connectivity index (χ0v) is 12.4. The number of methoxy groups -OCH3 is 1. The van der Waals surface area contributed by atoms with E-state index in [0.29, 0.717) is 5.52 Å². The normalized spacial score (nSPS) is 13.3. The number of nitrogens with zero attached hydrogens (tertiary/aromatic N) is 1. The van der Waals surface area contributed by atoms with Gasteiger partial charge < -0.3 is 9.15 Å². The van der Waals surface area contributed by atoms with Gasteiger partial charge in [0.1, 0.15) is 6.04 Å². The summed E-state index contributed by atoms with van der Waals surface area (Å²) in [7, 11) is -1.25. The van der Waals surface area contributed by atoms with Crippen LogP contribution in [0.25, 0.3) is 11.1 Å². The molecule has 0 aliphatic rings. The van der Waals surface area contributed by atoms with Crippen LogP contribution in [0.15, 0.2) is 32.3 Å². The summed E-state index contributed by atoms with van der Waals surface area (Å²) in [6.45, 7) is 1.37. The van der Waals surface area contributed by atoms with Crippen molar-refractivity contribution in [2.75, 3.05) is 7.11 Å². The zero-order valence-electron chi connectivity index (χ0n) is 11.6. The molecule has 8 nitrogen and oxygen atoms in total. The molecule has 1 unspecified atom stereocenters. The van der Waals surface area contributed by atoms with Gasteiger partial charge in [0.05, 0.1) is 17.5 Å². The minimum Gasteiger partial charge on any atom is -0.468 e. The van der Waals surface area contributed by atoms with Gasteiger partial charge in [-0.15, -0.1) is 0 Å². The Morgan fingerprint density at radius 3 is 2.71 bits per heavy atom.